The molecule has 0 radical (unpaired) electrons. The van der Waals surface area contributed by atoms with Crippen LogP contribution in [-0.2, 0) is 4.79 Å². The summed E-state index contributed by atoms with van der Waals surface area (Å²) in [7, 11) is 0. The summed E-state index contributed by atoms with van der Waals surface area (Å²) < 4.78 is 5.63. The monoisotopic (exact) mass is 428 g/mol. The second-order valence-corrected chi connectivity index (χ2v) is 7.07. The Hall–Kier alpha value is -1.62. The molecule has 1 fully saturated rings. The van der Waals surface area contributed by atoms with Crippen LogP contribution >= 0.6 is 35.6 Å². The van der Waals surface area contributed by atoms with Crippen LogP contribution in [0.25, 0.3) is 0 Å². The lowest BCUT2D eigenvalue weighted by atomic mass is 10.2. The SMILES string of the molecule is Cl.O=C(CCCOc1ccc(Cl)cc1Cl)N1CCN(c2ccccc2)CC1. The van der Waals surface area contributed by atoms with E-state index in [2.05, 4.69) is 17.0 Å². The Morgan fingerprint density at radius 2 is 1.70 bits per heavy atom. The maximum Gasteiger partial charge on any atom is 0.222 e. The lowest BCUT2D eigenvalue weighted by Gasteiger charge is -2.36. The van der Waals surface area contributed by atoms with Gasteiger partial charge in [-0.05, 0) is 36.8 Å². The molecule has 1 aliphatic heterocycles. The van der Waals surface area contributed by atoms with Crippen LogP contribution in [0.15, 0.2) is 48.5 Å². The van der Waals surface area contributed by atoms with Gasteiger partial charge in [0.25, 0.3) is 0 Å². The van der Waals surface area contributed by atoms with Crippen LogP contribution in [0.5, 0.6) is 5.75 Å². The van der Waals surface area contributed by atoms with Crippen LogP contribution in [0.3, 0.4) is 0 Å². The van der Waals surface area contributed by atoms with E-state index in [0.717, 1.165) is 26.2 Å². The zero-order chi connectivity index (χ0) is 18.4. The zero-order valence-corrected chi connectivity index (χ0v) is 17.3. The molecule has 7 heteroatoms. The molecule has 1 saturated heterocycles. The number of anilines is 1. The van der Waals surface area contributed by atoms with Crippen molar-refractivity contribution < 1.29 is 9.53 Å². The van der Waals surface area contributed by atoms with Crippen LogP contribution in [-0.4, -0.2) is 43.6 Å². The van der Waals surface area contributed by atoms with Gasteiger partial charge in [0.15, 0.2) is 0 Å². The first-order valence-electron chi connectivity index (χ1n) is 8.79. The minimum absolute atomic E-state index is 0. The summed E-state index contributed by atoms with van der Waals surface area (Å²) in [5.41, 5.74) is 1.22. The highest BCUT2D eigenvalue weighted by Gasteiger charge is 2.20. The van der Waals surface area contributed by atoms with Gasteiger partial charge in [-0.25, -0.2) is 0 Å². The highest BCUT2D eigenvalue weighted by molar-refractivity contribution is 6.35. The van der Waals surface area contributed by atoms with E-state index >= 15 is 0 Å². The molecule has 0 saturated carbocycles. The summed E-state index contributed by atoms with van der Waals surface area (Å²) in [5, 5.41) is 1.06. The highest BCUT2D eigenvalue weighted by atomic mass is 35.5. The van der Waals surface area contributed by atoms with Crippen LogP contribution in [0, 0.1) is 0 Å². The second kappa shape index (κ2) is 10.6. The zero-order valence-electron chi connectivity index (χ0n) is 14.9. The van der Waals surface area contributed by atoms with Crippen LogP contribution in [0.1, 0.15) is 12.8 Å². The molecule has 27 heavy (non-hydrogen) atoms. The first-order chi connectivity index (χ1) is 12.6. The fraction of sp³-hybridized carbons (Fsp3) is 0.350. The number of carbonyl (C=O) groups excluding carboxylic acids is 1. The topological polar surface area (TPSA) is 32.8 Å². The van der Waals surface area contributed by atoms with E-state index in [4.69, 9.17) is 27.9 Å². The van der Waals surface area contributed by atoms with Crippen molar-refractivity contribution in [1.29, 1.82) is 0 Å². The Morgan fingerprint density at radius 1 is 1.00 bits per heavy atom. The summed E-state index contributed by atoms with van der Waals surface area (Å²) in [5.74, 6) is 0.781. The third-order valence-corrected chi connectivity index (χ3v) is 4.97. The maximum absolute atomic E-state index is 12.4. The standard InChI is InChI=1S/C20H22Cl2N2O2.ClH/c21-16-8-9-19(18(22)15-16)26-14-4-7-20(25)24-12-10-23(11-13-24)17-5-2-1-3-6-17;/h1-3,5-6,8-9,15H,4,7,10-14H2;1H. The second-order valence-electron chi connectivity index (χ2n) is 6.23. The number of halogens is 3. The molecule has 2 aromatic carbocycles. The molecule has 0 unspecified atom stereocenters. The first kappa shape index (κ1) is 21.7. The number of ether oxygens (including phenoxy) is 1. The predicted molar refractivity (Wildman–Crippen MR) is 114 cm³/mol. The number of hydrogen-bond donors (Lipinski definition) is 0. The van der Waals surface area contributed by atoms with Gasteiger partial charge in [0.05, 0.1) is 11.6 Å². The van der Waals surface area contributed by atoms with E-state index in [9.17, 15) is 4.79 Å². The van der Waals surface area contributed by atoms with Crippen LogP contribution in [0.4, 0.5) is 5.69 Å². The average Bonchev–Trinajstić information content (AvgIpc) is 2.67. The Morgan fingerprint density at radius 3 is 2.37 bits per heavy atom. The molecule has 0 aromatic heterocycles. The lowest BCUT2D eigenvalue weighted by Crippen LogP contribution is -2.48. The van der Waals surface area contributed by atoms with Crippen molar-refractivity contribution in [3.63, 3.8) is 0 Å². The third kappa shape index (κ3) is 6.20. The molecule has 3 rings (SSSR count). The Balaban J connectivity index is 0.00000261. The maximum atomic E-state index is 12.4. The van der Waals surface area contributed by atoms with E-state index in [0.29, 0.717) is 35.2 Å². The normalized spacial score (nSPS) is 13.9. The summed E-state index contributed by atoms with van der Waals surface area (Å²) in [6, 6.07) is 15.4. The van der Waals surface area contributed by atoms with Gasteiger partial charge >= 0.3 is 0 Å². The largest absolute Gasteiger partial charge is 0.492 e. The lowest BCUT2D eigenvalue weighted by molar-refractivity contribution is -0.131. The van der Waals surface area contributed by atoms with Gasteiger partial charge in [0.2, 0.25) is 5.91 Å². The molecule has 0 aliphatic carbocycles. The van der Waals surface area contributed by atoms with Crippen molar-refractivity contribution in [3.8, 4) is 5.75 Å². The number of piperazine rings is 1. The molecule has 1 heterocycles. The molecule has 0 N–H and O–H groups in total. The van der Waals surface area contributed by atoms with Crippen molar-refractivity contribution in [3.05, 3.63) is 58.6 Å². The number of carbonyl (C=O) groups is 1. The van der Waals surface area contributed by atoms with Gasteiger partial charge in [-0.3, -0.25) is 4.79 Å². The average molecular weight is 430 g/mol. The van der Waals surface area contributed by atoms with E-state index in [1.54, 1.807) is 18.2 Å². The fourth-order valence-corrected chi connectivity index (χ4v) is 3.47. The van der Waals surface area contributed by atoms with Gasteiger partial charge in [0.1, 0.15) is 5.75 Å². The van der Waals surface area contributed by atoms with Crippen molar-refractivity contribution in [1.82, 2.24) is 4.90 Å². The summed E-state index contributed by atoms with van der Waals surface area (Å²) in [6.45, 7) is 3.71. The van der Waals surface area contributed by atoms with Crippen molar-refractivity contribution in [2.45, 2.75) is 12.8 Å². The Labute approximate surface area is 176 Å². The van der Waals surface area contributed by atoms with Crippen molar-refractivity contribution in [2.75, 3.05) is 37.7 Å². The van der Waals surface area contributed by atoms with Crippen molar-refractivity contribution >= 4 is 47.2 Å². The molecule has 0 spiro atoms. The van der Waals surface area contributed by atoms with E-state index < -0.39 is 0 Å². The number of amides is 1. The quantitative estimate of drug-likeness (QED) is 0.611. The van der Waals surface area contributed by atoms with Gasteiger partial charge < -0.3 is 14.5 Å². The molecule has 4 nitrogen and oxygen atoms in total. The molecular formula is C20H23Cl3N2O2. The number of nitrogens with zero attached hydrogens (tertiary/aromatic N) is 2. The molecule has 1 amide bonds. The van der Waals surface area contributed by atoms with Crippen LogP contribution in [0.2, 0.25) is 10.0 Å². The summed E-state index contributed by atoms with van der Waals surface area (Å²) >= 11 is 11.9. The van der Waals surface area contributed by atoms with Gasteiger partial charge in [-0.2, -0.15) is 0 Å². The van der Waals surface area contributed by atoms with E-state index in [1.165, 1.54) is 5.69 Å². The molecule has 2 aromatic rings. The number of rotatable bonds is 6. The van der Waals surface area contributed by atoms with Gasteiger partial charge in [-0.1, -0.05) is 41.4 Å². The number of para-hydroxylation sites is 1. The minimum atomic E-state index is 0. The number of hydrogen-bond acceptors (Lipinski definition) is 3. The Bertz CT molecular complexity index is 735. The molecule has 0 bridgehead atoms. The molecule has 146 valence electrons. The van der Waals surface area contributed by atoms with E-state index in [1.807, 2.05) is 23.1 Å². The fourth-order valence-electron chi connectivity index (χ4n) is 3.01. The molecular weight excluding hydrogens is 407 g/mol. The van der Waals surface area contributed by atoms with Crippen LogP contribution < -0.4 is 9.64 Å². The predicted octanol–water partition coefficient (Wildman–Crippen LogP) is 4.92. The first-order valence-corrected chi connectivity index (χ1v) is 9.55. The van der Waals surface area contributed by atoms with E-state index in [-0.39, 0.29) is 18.3 Å². The minimum Gasteiger partial charge on any atom is -0.492 e. The van der Waals surface area contributed by atoms with Crippen molar-refractivity contribution in [2.24, 2.45) is 0 Å². The molecule has 1 aliphatic rings. The molecule has 0 atom stereocenters. The smallest absolute Gasteiger partial charge is 0.222 e. The summed E-state index contributed by atoms with van der Waals surface area (Å²) in [6.07, 6.45) is 1.15. The third-order valence-electron chi connectivity index (χ3n) is 4.44. The summed E-state index contributed by atoms with van der Waals surface area (Å²) in [4.78, 5) is 16.6. The Kier molecular flexibility index (Phi) is 8.55. The van der Waals surface area contributed by atoms with Gasteiger partial charge in [0, 0.05) is 43.3 Å². The highest BCUT2D eigenvalue weighted by Crippen LogP contribution is 2.27. The van der Waals surface area contributed by atoms with Gasteiger partial charge in [-0.15, -0.1) is 12.4 Å². The number of benzene rings is 2.